The monoisotopic (exact) mass is 244 g/mol. The summed E-state index contributed by atoms with van der Waals surface area (Å²) >= 11 is 0. The van der Waals surface area contributed by atoms with Gasteiger partial charge < -0.3 is 5.32 Å². The zero-order valence-corrected chi connectivity index (χ0v) is 11.2. The lowest BCUT2D eigenvalue weighted by molar-refractivity contribution is 0.583. The van der Waals surface area contributed by atoms with Crippen molar-refractivity contribution in [2.24, 2.45) is 0 Å². The summed E-state index contributed by atoms with van der Waals surface area (Å²) < 4.78 is 0. The van der Waals surface area contributed by atoms with Crippen molar-refractivity contribution >= 4 is 0 Å². The van der Waals surface area contributed by atoms with E-state index in [-0.39, 0.29) is 6.04 Å². The van der Waals surface area contributed by atoms with E-state index in [1.54, 1.807) is 6.20 Å². The second kappa shape index (κ2) is 5.78. The molecule has 18 heavy (non-hydrogen) atoms. The Labute approximate surface area is 108 Å². The van der Waals surface area contributed by atoms with Crippen LogP contribution in [0.25, 0.3) is 0 Å². The lowest BCUT2D eigenvalue weighted by Gasteiger charge is -2.19. The lowest BCUT2D eigenvalue weighted by Crippen LogP contribution is -2.24. The van der Waals surface area contributed by atoms with Gasteiger partial charge in [0.1, 0.15) is 5.69 Å². The van der Waals surface area contributed by atoms with Gasteiger partial charge in [0.25, 0.3) is 0 Å². The first-order valence-corrected chi connectivity index (χ1v) is 6.38. The molecule has 1 aromatic heterocycles. The van der Waals surface area contributed by atoms with Gasteiger partial charge in [-0.1, -0.05) is 30.7 Å². The Morgan fingerprint density at radius 2 is 2.17 bits per heavy atom. The Bertz CT molecular complexity index is 491. The third-order valence-electron chi connectivity index (χ3n) is 3.06. The van der Waals surface area contributed by atoms with Crippen molar-refractivity contribution in [3.8, 4) is 0 Å². The molecule has 4 nitrogen and oxygen atoms in total. The SMILES string of the molecule is CCCNC(c1cn[nH]n1)c1ccc(C)cc1C. The lowest BCUT2D eigenvalue weighted by atomic mass is 9.97. The van der Waals surface area contributed by atoms with Crippen molar-refractivity contribution in [3.05, 3.63) is 46.8 Å². The quantitative estimate of drug-likeness (QED) is 0.849. The van der Waals surface area contributed by atoms with Crippen molar-refractivity contribution in [1.29, 1.82) is 0 Å². The van der Waals surface area contributed by atoms with Crippen molar-refractivity contribution in [2.45, 2.75) is 33.2 Å². The Hall–Kier alpha value is -1.68. The van der Waals surface area contributed by atoms with Crippen molar-refractivity contribution in [1.82, 2.24) is 20.7 Å². The van der Waals surface area contributed by atoms with Gasteiger partial charge in [0.2, 0.25) is 0 Å². The molecule has 0 aliphatic rings. The van der Waals surface area contributed by atoms with Crippen molar-refractivity contribution in [3.63, 3.8) is 0 Å². The first-order valence-electron chi connectivity index (χ1n) is 6.38. The van der Waals surface area contributed by atoms with Gasteiger partial charge in [0.15, 0.2) is 0 Å². The largest absolute Gasteiger partial charge is 0.305 e. The average Bonchev–Trinajstić information content (AvgIpc) is 2.85. The minimum Gasteiger partial charge on any atom is -0.305 e. The molecule has 1 heterocycles. The normalized spacial score (nSPS) is 12.6. The molecular formula is C14H20N4. The molecule has 0 spiro atoms. The predicted molar refractivity (Wildman–Crippen MR) is 72.4 cm³/mol. The van der Waals surface area contributed by atoms with Gasteiger partial charge in [-0.3, -0.25) is 0 Å². The van der Waals surface area contributed by atoms with Crippen LogP contribution in [0.1, 0.15) is 41.8 Å². The highest BCUT2D eigenvalue weighted by atomic mass is 15.3. The highest BCUT2D eigenvalue weighted by Crippen LogP contribution is 2.23. The molecule has 1 atom stereocenters. The van der Waals surface area contributed by atoms with Crippen LogP contribution >= 0.6 is 0 Å². The summed E-state index contributed by atoms with van der Waals surface area (Å²) in [6, 6.07) is 6.63. The fourth-order valence-electron chi connectivity index (χ4n) is 2.16. The summed E-state index contributed by atoms with van der Waals surface area (Å²) in [5.74, 6) is 0. The van der Waals surface area contributed by atoms with Gasteiger partial charge in [0.05, 0.1) is 12.2 Å². The summed E-state index contributed by atoms with van der Waals surface area (Å²) in [5.41, 5.74) is 4.77. The van der Waals surface area contributed by atoms with E-state index in [1.807, 2.05) is 0 Å². The third kappa shape index (κ3) is 2.76. The Kier molecular flexibility index (Phi) is 4.10. The molecule has 2 aromatic rings. The molecule has 0 radical (unpaired) electrons. The van der Waals surface area contributed by atoms with E-state index < -0.39 is 0 Å². The molecular weight excluding hydrogens is 224 g/mol. The number of aromatic amines is 1. The minimum atomic E-state index is 0.115. The first kappa shape index (κ1) is 12.8. The molecule has 2 N–H and O–H groups in total. The van der Waals surface area contributed by atoms with Gasteiger partial charge in [-0.2, -0.15) is 15.4 Å². The maximum atomic E-state index is 4.21. The summed E-state index contributed by atoms with van der Waals surface area (Å²) in [6.07, 6.45) is 2.88. The first-order chi connectivity index (χ1) is 8.72. The fourth-order valence-corrected chi connectivity index (χ4v) is 2.16. The van der Waals surface area contributed by atoms with Gasteiger partial charge >= 0.3 is 0 Å². The van der Waals surface area contributed by atoms with E-state index in [1.165, 1.54) is 16.7 Å². The van der Waals surface area contributed by atoms with E-state index in [9.17, 15) is 0 Å². The van der Waals surface area contributed by atoms with E-state index in [0.717, 1.165) is 18.7 Å². The van der Waals surface area contributed by atoms with E-state index >= 15 is 0 Å². The van der Waals surface area contributed by atoms with Gasteiger partial charge in [-0.25, -0.2) is 0 Å². The number of hydrogen-bond donors (Lipinski definition) is 2. The van der Waals surface area contributed by atoms with Crippen LogP contribution in [0.3, 0.4) is 0 Å². The standard InChI is InChI=1S/C14H20N4/c1-4-7-15-14(13-9-16-18-17-13)12-6-5-10(2)8-11(12)3/h5-6,8-9,14-15H,4,7H2,1-3H3,(H,16,17,18). The van der Waals surface area contributed by atoms with Crippen LogP contribution in [0.4, 0.5) is 0 Å². The van der Waals surface area contributed by atoms with Crippen LogP contribution in [0.2, 0.25) is 0 Å². The maximum Gasteiger partial charge on any atom is 0.104 e. The highest BCUT2D eigenvalue weighted by molar-refractivity contribution is 5.36. The molecule has 4 heteroatoms. The number of nitrogens with zero attached hydrogens (tertiary/aromatic N) is 2. The number of aromatic nitrogens is 3. The van der Waals surface area contributed by atoms with Crippen molar-refractivity contribution in [2.75, 3.05) is 6.54 Å². The number of H-pyrrole nitrogens is 1. The fraction of sp³-hybridized carbons (Fsp3) is 0.429. The topological polar surface area (TPSA) is 53.6 Å². The highest BCUT2D eigenvalue weighted by Gasteiger charge is 2.17. The van der Waals surface area contributed by atoms with Gasteiger partial charge in [0, 0.05) is 0 Å². The van der Waals surface area contributed by atoms with Crippen LogP contribution in [0, 0.1) is 13.8 Å². The molecule has 1 aromatic carbocycles. The van der Waals surface area contributed by atoms with E-state index in [2.05, 4.69) is 59.7 Å². The van der Waals surface area contributed by atoms with Crippen LogP contribution in [-0.2, 0) is 0 Å². The number of aryl methyl sites for hydroxylation is 2. The Morgan fingerprint density at radius 1 is 1.33 bits per heavy atom. The van der Waals surface area contributed by atoms with Crippen LogP contribution in [0.15, 0.2) is 24.4 Å². The number of rotatable bonds is 5. The number of hydrogen-bond acceptors (Lipinski definition) is 3. The molecule has 0 amide bonds. The number of nitrogens with one attached hydrogen (secondary N) is 2. The summed E-state index contributed by atoms with van der Waals surface area (Å²) in [4.78, 5) is 0. The predicted octanol–water partition coefficient (Wildman–Crippen LogP) is 2.51. The molecule has 0 saturated heterocycles. The van der Waals surface area contributed by atoms with Crippen LogP contribution in [0.5, 0.6) is 0 Å². The summed E-state index contributed by atoms with van der Waals surface area (Å²) in [6.45, 7) is 7.38. The smallest absolute Gasteiger partial charge is 0.104 e. The zero-order valence-electron chi connectivity index (χ0n) is 11.2. The van der Waals surface area contributed by atoms with Gasteiger partial charge in [-0.15, -0.1) is 0 Å². The number of benzene rings is 1. The van der Waals surface area contributed by atoms with Gasteiger partial charge in [-0.05, 0) is 37.9 Å². The third-order valence-corrected chi connectivity index (χ3v) is 3.06. The molecule has 1 unspecified atom stereocenters. The van der Waals surface area contributed by atoms with E-state index in [4.69, 9.17) is 0 Å². The van der Waals surface area contributed by atoms with Crippen LogP contribution < -0.4 is 5.32 Å². The molecule has 0 fully saturated rings. The zero-order chi connectivity index (χ0) is 13.0. The molecule has 96 valence electrons. The summed E-state index contributed by atoms with van der Waals surface area (Å²) in [7, 11) is 0. The summed E-state index contributed by atoms with van der Waals surface area (Å²) in [5, 5.41) is 14.3. The minimum absolute atomic E-state index is 0.115. The van der Waals surface area contributed by atoms with E-state index in [0.29, 0.717) is 0 Å². The Morgan fingerprint density at radius 3 is 2.78 bits per heavy atom. The second-order valence-electron chi connectivity index (χ2n) is 4.64. The molecule has 0 aliphatic heterocycles. The Balaban J connectivity index is 2.33. The second-order valence-corrected chi connectivity index (χ2v) is 4.64. The average molecular weight is 244 g/mol. The molecule has 2 rings (SSSR count). The van der Waals surface area contributed by atoms with Crippen LogP contribution in [-0.4, -0.2) is 22.0 Å². The van der Waals surface area contributed by atoms with Crippen molar-refractivity contribution < 1.29 is 0 Å². The molecule has 0 bridgehead atoms. The maximum absolute atomic E-state index is 4.21. The molecule has 0 aliphatic carbocycles. The molecule has 0 saturated carbocycles.